The van der Waals surface area contributed by atoms with E-state index in [1.807, 2.05) is 0 Å². The van der Waals surface area contributed by atoms with Gasteiger partial charge in [-0.15, -0.1) is 0 Å². The van der Waals surface area contributed by atoms with Crippen molar-refractivity contribution >= 4 is 0 Å². The van der Waals surface area contributed by atoms with E-state index in [2.05, 4.69) is 50.4 Å². The Morgan fingerprint density at radius 2 is 1.71 bits per heavy atom. The molecule has 1 aromatic carbocycles. The fourth-order valence-electron chi connectivity index (χ4n) is 2.14. The topological polar surface area (TPSA) is 12.0 Å². The Morgan fingerprint density at radius 3 is 2.18 bits per heavy atom. The highest BCUT2D eigenvalue weighted by atomic mass is 15.0. The first-order valence-electron chi connectivity index (χ1n) is 7.00. The van der Waals surface area contributed by atoms with Crippen LogP contribution in [0, 0.1) is 0 Å². The summed E-state index contributed by atoms with van der Waals surface area (Å²) < 4.78 is 0. The summed E-state index contributed by atoms with van der Waals surface area (Å²) in [6, 6.07) is 9.19. The minimum atomic E-state index is 0.287. The van der Waals surface area contributed by atoms with E-state index < -0.39 is 0 Å². The molecule has 0 aromatic heterocycles. The zero-order valence-corrected chi connectivity index (χ0v) is 11.4. The molecular weight excluding hydrogens is 206 g/mol. The number of hydrogen-bond donors (Lipinski definition) is 1. The van der Waals surface area contributed by atoms with Gasteiger partial charge in [-0.25, -0.2) is 0 Å². The molecule has 1 saturated carbocycles. The predicted octanol–water partition coefficient (Wildman–Crippen LogP) is 4.23. The van der Waals surface area contributed by atoms with Crippen LogP contribution >= 0.6 is 0 Å². The molecule has 1 nitrogen and oxygen atoms in total. The molecule has 0 amide bonds. The largest absolute Gasteiger partial charge is 0.307 e. The van der Waals surface area contributed by atoms with Crippen LogP contribution in [-0.4, -0.2) is 5.54 Å². The van der Waals surface area contributed by atoms with Crippen molar-refractivity contribution < 1.29 is 0 Å². The molecule has 1 aliphatic rings. The third-order valence-electron chi connectivity index (χ3n) is 4.31. The number of rotatable bonds is 6. The SMILES string of the molecule is CCC(C)(CC)NCc1ccc(C2CC2)cc1. The molecule has 17 heavy (non-hydrogen) atoms. The van der Waals surface area contributed by atoms with Gasteiger partial charge in [-0.3, -0.25) is 0 Å². The number of nitrogens with one attached hydrogen (secondary N) is 1. The monoisotopic (exact) mass is 231 g/mol. The molecule has 0 unspecified atom stereocenters. The first kappa shape index (κ1) is 12.6. The van der Waals surface area contributed by atoms with Gasteiger partial charge in [-0.05, 0) is 49.7 Å². The lowest BCUT2D eigenvalue weighted by Gasteiger charge is -2.28. The van der Waals surface area contributed by atoms with Crippen molar-refractivity contribution in [3.63, 3.8) is 0 Å². The van der Waals surface area contributed by atoms with Gasteiger partial charge in [0, 0.05) is 12.1 Å². The van der Waals surface area contributed by atoms with Crippen molar-refractivity contribution in [3.05, 3.63) is 35.4 Å². The molecule has 1 N–H and O–H groups in total. The molecule has 0 spiro atoms. The van der Waals surface area contributed by atoms with Gasteiger partial charge in [0.05, 0.1) is 0 Å². The lowest BCUT2D eigenvalue weighted by molar-refractivity contribution is 0.329. The summed E-state index contributed by atoms with van der Waals surface area (Å²) in [6.45, 7) is 7.81. The molecule has 0 bridgehead atoms. The van der Waals surface area contributed by atoms with Gasteiger partial charge in [0.2, 0.25) is 0 Å². The quantitative estimate of drug-likeness (QED) is 0.772. The van der Waals surface area contributed by atoms with Crippen molar-refractivity contribution in [2.75, 3.05) is 0 Å². The van der Waals surface area contributed by atoms with Crippen LogP contribution in [-0.2, 0) is 6.54 Å². The molecule has 0 saturated heterocycles. The smallest absolute Gasteiger partial charge is 0.0210 e. The second-order valence-electron chi connectivity index (χ2n) is 5.64. The van der Waals surface area contributed by atoms with Crippen LogP contribution in [0.25, 0.3) is 0 Å². The van der Waals surface area contributed by atoms with Crippen LogP contribution < -0.4 is 5.32 Å². The van der Waals surface area contributed by atoms with Gasteiger partial charge in [-0.2, -0.15) is 0 Å². The summed E-state index contributed by atoms with van der Waals surface area (Å²) >= 11 is 0. The molecule has 1 heteroatoms. The lowest BCUT2D eigenvalue weighted by Crippen LogP contribution is -2.40. The zero-order valence-electron chi connectivity index (χ0n) is 11.4. The zero-order chi connectivity index (χ0) is 12.3. The third kappa shape index (κ3) is 3.32. The first-order valence-corrected chi connectivity index (χ1v) is 7.00. The Balaban J connectivity index is 1.90. The minimum Gasteiger partial charge on any atom is -0.307 e. The maximum atomic E-state index is 3.68. The van der Waals surface area contributed by atoms with E-state index in [9.17, 15) is 0 Å². The number of benzene rings is 1. The molecule has 2 rings (SSSR count). The van der Waals surface area contributed by atoms with Gasteiger partial charge in [-0.1, -0.05) is 38.1 Å². The average Bonchev–Trinajstić information content (AvgIpc) is 3.21. The Kier molecular flexibility index (Phi) is 3.88. The van der Waals surface area contributed by atoms with Crippen LogP contribution in [0.2, 0.25) is 0 Å². The van der Waals surface area contributed by atoms with Crippen molar-refractivity contribution in [3.8, 4) is 0 Å². The molecule has 0 heterocycles. The Bertz CT molecular complexity index is 344. The standard InChI is InChI=1S/C16H25N/c1-4-16(3,5-2)17-12-13-6-8-14(9-7-13)15-10-11-15/h6-9,15,17H,4-5,10-12H2,1-3H3. The Labute approximate surface area is 106 Å². The normalized spacial score (nSPS) is 16.2. The van der Waals surface area contributed by atoms with Gasteiger partial charge >= 0.3 is 0 Å². The van der Waals surface area contributed by atoms with E-state index >= 15 is 0 Å². The summed E-state index contributed by atoms with van der Waals surface area (Å²) in [5.41, 5.74) is 3.22. The summed E-state index contributed by atoms with van der Waals surface area (Å²) in [7, 11) is 0. The molecule has 94 valence electrons. The van der Waals surface area contributed by atoms with Crippen LogP contribution in [0.3, 0.4) is 0 Å². The summed E-state index contributed by atoms with van der Waals surface area (Å²) in [6.07, 6.45) is 5.15. The molecular formula is C16H25N. The second-order valence-corrected chi connectivity index (χ2v) is 5.64. The van der Waals surface area contributed by atoms with Crippen LogP contribution in [0.4, 0.5) is 0 Å². The summed E-state index contributed by atoms with van der Waals surface area (Å²) in [4.78, 5) is 0. The highest BCUT2D eigenvalue weighted by molar-refractivity contribution is 5.28. The van der Waals surface area contributed by atoms with E-state index in [0.717, 1.165) is 12.5 Å². The molecule has 1 fully saturated rings. The van der Waals surface area contributed by atoms with Crippen LogP contribution in [0.15, 0.2) is 24.3 Å². The highest BCUT2D eigenvalue weighted by Gasteiger charge is 2.23. The van der Waals surface area contributed by atoms with E-state index in [1.54, 1.807) is 0 Å². The summed E-state index contributed by atoms with van der Waals surface area (Å²) in [5, 5.41) is 3.68. The summed E-state index contributed by atoms with van der Waals surface area (Å²) in [5.74, 6) is 0.869. The van der Waals surface area contributed by atoms with E-state index in [4.69, 9.17) is 0 Å². The lowest BCUT2D eigenvalue weighted by atomic mass is 9.95. The maximum absolute atomic E-state index is 3.68. The van der Waals surface area contributed by atoms with Gasteiger partial charge in [0.1, 0.15) is 0 Å². The first-order chi connectivity index (χ1) is 8.17. The van der Waals surface area contributed by atoms with E-state index in [1.165, 1.54) is 36.8 Å². The average molecular weight is 231 g/mol. The van der Waals surface area contributed by atoms with Gasteiger partial charge < -0.3 is 5.32 Å². The number of hydrogen-bond acceptors (Lipinski definition) is 1. The second kappa shape index (κ2) is 5.22. The fraction of sp³-hybridized carbons (Fsp3) is 0.625. The highest BCUT2D eigenvalue weighted by Crippen LogP contribution is 2.39. The molecule has 0 radical (unpaired) electrons. The molecule has 1 aromatic rings. The third-order valence-corrected chi connectivity index (χ3v) is 4.31. The van der Waals surface area contributed by atoms with Gasteiger partial charge in [0.25, 0.3) is 0 Å². The molecule has 0 aliphatic heterocycles. The maximum Gasteiger partial charge on any atom is 0.0210 e. The van der Waals surface area contributed by atoms with E-state index in [-0.39, 0.29) is 5.54 Å². The molecule has 0 atom stereocenters. The van der Waals surface area contributed by atoms with Crippen LogP contribution in [0.5, 0.6) is 0 Å². The van der Waals surface area contributed by atoms with E-state index in [0.29, 0.717) is 0 Å². The predicted molar refractivity (Wildman–Crippen MR) is 74.2 cm³/mol. The molecule has 1 aliphatic carbocycles. The van der Waals surface area contributed by atoms with Gasteiger partial charge in [0.15, 0.2) is 0 Å². The van der Waals surface area contributed by atoms with Crippen molar-refractivity contribution in [1.82, 2.24) is 5.32 Å². The Hall–Kier alpha value is -0.820. The van der Waals surface area contributed by atoms with Crippen molar-refractivity contribution in [2.24, 2.45) is 0 Å². The Morgan fingerprint density at radius 1 is 1.12 bits per heavy atom. The fourth-order valence-corrected chi connectivity index (χ4v) is 2.14. The van der Waals surface area contributed by atoms with Crippen LogP contribution in [0.1, 0.15) is 63.5 Å². The van der Waals surface area contributed by atoms with Crippen molar-refractivity contribution in [2.45, 2.75) is 64.5 Å². The minimum absolute atomic E-state index is 0.287. The van der Waals surface area contributed by atoms with Crippen molar-refractivity contribution in [1.29, 1.82) is 0 Å².